The molecule has 2 unspecified atom stereocenters. The van der Waals surface area contributed by atoms with Crippen LogP contribution in [0.15, 0.2) is 24.3 Å². The predicted octanol–water partition coefficient (Wildman–Crippen LogP) is 6.97. The van der Waals surface area contributed by atoms with Gasteiger partial charge in [-0.15, -0.1) is 0 Å². The third-order valence-corrected chi connectivity index (χ3v) is 5.44. The molecule has 0 aromatic heterocycles. The lowest BCUT2D eigenvalue weighted by Crippen LogP contribution is -2.14. The Hall–Kier alpha value is -1.97. The second-order valence-electron chi connectivity index (χ2n) is 7.80. The number of benzene rings is 1. The first-order valence-electron chi connectivity index (χ1n) is 11.3. The van der Waals surface area contributed by atoms with Crippen LogP contribution in [-0.4, -0.2) is 24.3 Å². The van der Waals surface area contributed by atoms with Crippen molar-refractivity contribution in [3.05, 3.63) is 29.8 Å². The summed E-state index contributed by atoms with van der Waals surface area (Å²) in [5.74, 6) is 1.41. The summed E-state index contributed by atoms with van der Waals surface area (Å²) in [6.07, 6.45) is 12.0. The number of rotatable bonds is 16. The minimum Gasteiger partial charge on any atom is -0.489 e. The van der Waals surface area contributed by atoms with Crippen LogP contribution in [-0.2, 0) is 4.79 Å². The van der Waals surface area contributed by atoms with E-state index in [2.05, 4.69) is 27.7 Å². The molecule has 1 aromatic carbocycles. The molecule has 0 spiro atoms. The standard InChI is InChI=1S/C25H40O4/c1-5-9-12-20(7-3)18-28-23-15-11-14-22(16-17-24(26)27)25(23)29-19-21(8-4)13-10-6-2/h11,14-17,20-21H,5-10,12-13,18-19H2,1-4H3,(H,26,27). The summed E-state index contributed by atoms with van der Waals surface area (Å²) < 4.78 is 12.4. The maximum absolute atomic E-state index is 11.0. The molecule has 4 heteroatoms. The van der Waals surface area contributed by atoms with Crippen LogP contribution in [0.5, 0.6) is 11.5 Å². The molecular weight excluding hydrogens is 364 g/mol. The lowest BCUT2D eigenvalue weighted by Gasteiger charge is -2.21. The first-order chi connectivity index (χ1) is 14.0. The highest BCUT2D eigenvalue weighted by Gasteiger charge is 2.15. The molecule has 1 aromatic rings. The van der Waals surface area contributed by atoms with Gasteiger partial charge in [-0.25, -0.2) is 4.79 Å². The third kappa shape index (κ3) is 9.87. The van der Waals surface area contributed by atoms with Gasteiger partial charge in [0.1, 0.15) is 0 Å². The second kappa shape index (κ2) is 14.9. The van der Waals surface area contributed by atoms with Crippen molar-refractivity contribution < 1.29 is 19.4 Å². The minimum atomic E-state index is -0.970. The topological polar surface area (TPSA) is 55.8 Å². The van der Waals surface area contributed by atoms with E-state index in [0.29, 0.717) is 36.5 Å². The zero-order chi connectivity index (χ0) is 21.5. The van der Waals surface area contributed by atoms with Gasteiger partial charge in [0.2, 0.25) is 0 Å². The van der Waals surface area contributed by atoms with E-state index in [4.69, 9.17) is 14.6 Å². The number of carboxylic acid groups (broad SMARTS) is 1. The number of hydrogen-bond acceptors (Lipinski definition) is 3. The Balaban J connectivity index is 2.97. The second-order valence-corrected chi connectivity index (χ2v) is 7.80. The molecule has 0 heterocycles. The average Bonchev–Trinajstić information content (AvgIpc) is 2.73. The highest BCUT2D eigenvalue weighted by molar-refractivity contribution is 5.86. The zero-order valence-corrected chi connectivity index (χ0v) is 18.8. The van der Waals surface area contributed by atoms with E-state index < -0.39 is 5.97 Å². The van der Waals surface area contributed by atoms with Gasteiger partial charge in [-0.2, -0.15) is 0 Å². The van der Waals surface area contributed by atoms with Gasteiger partial charge in [0.05, 0.1) is 13.2 Å². The van der Waals surface area contributed by atoms with Crippen molar-refractivity contribution in [2.24, 2.45) is 11.8 Å². The first-order valence-corrected chi connectivity index (χ1v) is 11.3. The molecule has 1 rings (SSSR count). The Kier molecular flexibility index (Phi) is 12.9. The zero-order valence-electron chi connectivity index (χ0n) is 18.8. The van der Waals surface area contributed by atoms with Crippen LogP contribution < -0.4 is 9.47 Å². The molecule has 0 aliphatic carbocycles. The molecule has 0 aliphatic rings. The van der Waals surface area contributed by atoms with Gasteiger partial charge in [0.15, 0.2) is 11.5 Å². The van der Waals surface area contributed by atoms with E-state index >= 15 is 0 Å². The van der Waals surface area contributed by atoms with Crippen molar-refractivity contribution >= 4 is 12.0 Å². The largest absolute Gasteiger partial charge is 0.489 e. The van der Waals surface area contributed by atoms with Crippen LogP contribution in [0.3, 0.4) is 0 Å². The SMILES string of the molecule is CCCCC(CC)COc1cccc(C=CC(=O)O)c1OCC(CC)CCCC. The smallest absolute Gasteiger partial charge is 0.328 e. The van der Waals surface area contributed by atoms with Crippen molar-refractivity contribution in [1.82, 2.24) is 0 Å². The van der Waals surface area contributed by atoms with Gasteiger partial charge in [-0.3, -0.25) is 0 Å². The van der Waals surface area contributed by atoms with Crippen LogP contribution in [0.1, 0.15) is 84.6 Å². The summed E-state index contributed by atoms with van der Waals surface area (Å²) in [6, 6.07) is 5.70. The Labute approximate surface area is 177 Å². The molecule has 164 valence electrons. The molecule has 1 N–H and O–H groups in total. The van der Waals surface area contributed by atoms with E-state index in [1.165, 1.54) is 25.7 Å². The molecule has 0 bridgehead atoms. The van der Waals surface area contributed by atoms with Crippen LogP contribution in [0.4, 0.5) is 0 Å². The van der Waals surface area contributed by atoms with Crippen LogP contribution in [0.25, 0.3) is 6.08 Å². The molecule has 0 radical (unpaired) electrons. The Morgan fingerprint density at radius 3 is 2.07 bits per heavy atom. The maximum atomic E-state index is 11.0. The summed E-state index contributed by atoms with van der Waals surface area (Å²) >= 11 is 0. The van der Waals surface area contributed by atoms with Gasteiger partial charge in [0.25, 0.3) is 0 Å². The van der Waals surface area contributed by atoms with E-state index in [1.807, 2.05) is 18.2 Å². The van der Waals surface area contributed by atoms with Crippen molar-refractivity contribution in [1.29, 1.82) is 0 Å². The fraction of sp³-hybridized carbons (Fsp3) is 0.640. The number of ether oxygens (including phenoxy) is 2. The lowest BCUT2D eigenvalue weighted by molar-refractivity contribution is -0.131. The molecule has 0 aliphatic heterocycles. The first kappa shape index (κ1) is 25.1. The monoisotopic (exact) mass is 404 g/mol. The van der Waals surface area contributed by atoms with Gasteiger partial charge in [-0.1, -0.05) is 78.4 Å². The quantitative estimate of drug-likeness (QED) is 0.302. The summed E-state index contributed by atoms with van der Waals surface area (Å²) in [6.45, 7) is 10.1. The number of hydrogen-bond donors (Lipinski definition) is 1. The van der Waals surface area contributed by atoms with Gasteiger partial charge < -0.3 is 14.6 Å². The van der Waals surface area contributed by atoms with Crippen LogP contribution in [0.2, 0.25) is 0 Å². The Bertz CT molecular complexity index is 609. The van der Waals surface area contributed by atoms with Crippen molar-refractivity contribution in [3.63, 3.8) is 0 Å². The van der Waals surface area contributed by atoms with E-state index in [1.54, 1.807) is 6.08 Å². The van der Waals surface area contributed by atoms with Gasteiger partial charge >= 0.3 is 5.97 Å². The third-order valence-electron chi connectivity index (χ3n) is 5.44. The molecular formula is C25H40O4. The van der Waals surface area contributed by atoms with Crippen molar-refractivity contribution in [2.75, 3.05) is 13.2 Å². The lowest BCUT2D eigenvalue weighted by atomic mass is 10.0. The van der Waals surface area contributed by atoms with E-state index in [0.717, 1.165) is 37.3 Å². The molecule has 2 atom stereocenters. The number of unbranched alkanes of at least 4 members (excludes halogenated alkanes) is 2. The number of carboxylic acids is 1. The predicted molar refractivity (Wildman–Crippen MR) is 121 cm³/mol. The molecule has 0 saturated carbocycles. The average molecular weight is 405 g/mol. The Morgan fingerprint density at radius 1 is 0.966 bits per heavy atom. The summed E-state index contributed by atoms with van der Waals surface area (Å²) in [7, 11) is 0. The molecule has 29 heavy (non-hydrogen) atoms. The van der Waals surface area contributed by atoms with Crippen LogP contribution >= 0.6 is 0 Å². The molecule has 0 amide bonds. The Morgan fingerprint density at radius 2 is 1.55 bits per heavy atom. The van der Waals surface area contributed by atoms with Gasteiger partial charge in [-0.05, 0) is 36.8 Å². The van der Waals surface area contributed by atoms with Crippen molar-refractivity contribution in [2.45, 2.75) is 79.1 Å². The van der Waals surface area contributed by atoms with E-state index in [9.17, 15) is 4.79 Å². The maximum Gasteiger partial charge on any atom is 0.328 e. The number of carbonyl (C=O) groups is 1. The summed E-state index contributed by atoms with van der Waals surface area (Å²) in [4.78, 5) is 11.0. The molecule has 4 nitrogen and oxygen atoms in total. The fourth-order valence-corrected chi connectivity index (χ4v) is 3.30. The van der Waals surface area contributed by atoms with Crippen LogP contribution in [0, 0.1) is 11.8 Å². The van der Waals surface area contributed by atoms with E-state index in [-0.39, 0.29) is 0 Å². The van der Waals surface area contributed by atoms with Gasteiger partial charge in [0, 0.05) is 11.6 Å². The summed E-state index contributed by atoms with van der Waals surface area (Å²) in [5.41, 5.74) is 0.747. The minimum absolute atomic E-state index is 0.493. The summed E-state index contributed by atoms with van der Waals surface area (Å²) in [5, 5.41) is 9.02. The number of para-hydroxylation sites is 1. The molecule has 0 fully saturated rings. The number of aliphatic carboxylic acids is 1. The van der Waals surface area contributed by atoms with Crippen molar-refractivity contribution in [3.8, 4) is 11.5 Å². The fourth-order valence-electron chi connectivity index (χ4n) is 3.30. The highest BCUT2D eigenvalue weighted by atomic mass is 16.5. The normalized spacial score (nSPS) is 13.4. The molecule has 0 saturated heterocycles. The highest BCUT2D eigenvalue weighted by Crippen LogP contribution is 2.34.